The number of nitrogens with one attached hydrogen (secondary N) is 2. The number of hydrogen-bond acceptors (Lipinski definition) is 5. The first-order valence-corrected chi connectivity index (χ1v) is 7.81. The quantitative estimate of drug-likeness (QED) is 0.711. The Bertz CT molecular complexity index is 994. The second kappa shape index (κ2) is 5.84. The van der Waals surface area contributed by atoms with Gasteiger partial charge < -0.3 is 5.32 Å². The van der Waals surface area contributed by atoms with E-state index >= 15 is 0 Å². The van der Waals surface area contributed by atoms with Crippen molar-refractivity contribution in [3.8, 4) is 0 Å². The summed E-state index contributed by atoms with van der Waals surface area (Å²) >= 11 is 1.54. The topological polar surface area (TPSA) is 101 Å². The van der Waals surface area contributed by atoms with Crippen LogP contribution in [0.15, 0.2) is 27.4 Å². The van der Waals surface area contributed by atoms with Crippen molar-refractivity contribution < 1.29 is 4.79 Å². The summed E-state index contributed by atoms with van der Waals surface area (Å²) < 4.78 is 3.13. The monoisotopic (exact) mass is 333 g/mol. The largest absolute Gasteiger partial charge is 0.349 e. The first-order valence-electron chi connectivity index (χ1n) is 6.93. The lowest BCUT2D eigenvalue weighted by atomic mass is 10.4. The summed E-state index contributed by atoms with van der Waals surface area (Å²) in [4.78, 5) is 42.3. The Morgan fingerprint density at radius 2 is 2.13 bits per heavy atom. The van der Waals surface area contributed by atoms with Gasteiger partial charge in [0.2, 0.25) is 5.91 Å². The van der Waals surface area contributed by atoms with Gasteiger partial charge in [0.05, 0.1) is 12.2 Å². The Balaban J connectivity index is 1.66. The number of carbonyl (C=O) groups is 1. The predicted octanol–water partition coefficient (Wildman–Crippen LogP) is 0.179. The molecule has 0 fully saturated rings. The summed E-state index contributed by atoms with van der Waals surface area (Å²) in [5.74, 6) is -0.327. The number of amides is 1. The van der Waals surface area contributed by atoms with E-state index in [2.05, 4.69) is 15.3 Å². The number of aromatic amines is 1. The molecule has 0 aliphatic heterocycles. The van der Waals surface area contributed by atoms with Crippen LogP contribution >= 0.6 is 11.3 Å². The first kappa shape index (κ1) is 15.2. The molecule has 1 amide bonds. The van der Waals surface area contributed by atoms with Crippen LogP contribution in [0.5, 0.6) is 0 Å². The van der Waals surface area contributed by atoms with Crippen molar-refractivity contribution in [3.63, 3.8) is 0 Å². The van der Waals surface area contributed by atoms with Gasteiger partial charge in [-0.1, -0.05) is 0 Å². The number of H-pyrrole nitrogens is 1. The Hall–Kier alpha value is -2.68. The number of rotatable bonds is 4. The van der Waals surface area contributed by atoms with Gasteiger partial charge in [-0.25, -0.2) is 9.78 Å². The zero-order valence-corrected chi connectivity index (χ0v) is 13.4. The van der Waals surface area contributed by atoms with E-state index in [9.17, 15) is 14.4 Å². The summed E-state index contributed by atoms with van der Waals surface area (Å²) in [5.41, 5.74) is 1.17. The molecule has 0 radical (unpaired) electrons. The van der Waals surface area contributed by atoms with Gasteiger partial charge >= 0.3 is 5.69 Å². The lowest BCUT2D eigenvalue weighted by Gasteiger charge is -2.06. The van der Waals surface area contributed by atoms with Crippen LogP contribution in [0.2, 0.25) is 0 Å². The molecule has 0 aliphatic carbocycles. The number of carbonyl (C=O) groups excluding carboxylic acids is 1. The van der Waals surface area contributed by atoms with E-state index in [1.165, 1.54) is 22.1 Å². The van der Waals surface area contributed by atoms with E-state index in [0.717, 1.165) is 16.3 Å². The van der Waals surface area contributed by atoms with E-state index in [4.69, 9.17) is 0 Å². The minimum atomic E-state index is -0.603. The van der Waals surface area contributed by atoms with Crippen LogP contribution in [0.4, 0.5) is 0 Å². The lowest BCUT2D eigenvalue weighted by Crippen LogP contribution is -2.36. The molecule has 0 aliphatic rings. The summed E-state index contributed by atoms with van der Waals surface area (Å²) in [6.45, 7) is 3.69. The molecule has 0 bridgehead atoms. The van der Waals surface area contributed by atoms with Gasteiger partial charge in [-0.15, -0.1) is 11.3 Å². The molecule has 0 saturated heterocycles. The van der Waals surface area contributed by atoms with Crippen LogP contribution < -0.4 is 16.6 Å². The third-order valence-corrected chi connectivity index (χ3v) is 4.37. The number of thiazole rings is 1. The number of hydrogen-bond donors (Lipinski definition) is 2. The van der Waals surface area contributed by atoms with Gasteiger partial charge in [0.1, 0.15) is 6.54 Å². The Labute approximate surface area is 134 Å². The van der Waals surface area contributed by atoms with Crippen molar-refractivity contribution in [2.45, 2.75) is 26.9 Å². The number of aryl methyl sites for hydroxylation is 2. The van der Waals surface area contributed by atoms with Crippen molar-refractivity contribution in [2.24, 2.45) is 0 Å². The normalized spacial score (nSPS) is 11.0. The highest BCUT2D eigenvalue weighted by atomic mass is 32.1. The first-order chi connectivity index (χ1) is 10.9. The van der Waals surface area contributed by atoms with Crippen LogP contribution in [-0.4, -0.2) is 24.8 Å². The lowest BCUT2D eigenvalue weighted by molar-refractivity contribution is -0.121. The second-order valence-corrected chi connectivity index (χ2v) is 6.07. The minimum absolute atomic E-state index is 0.155. The van der Waals surface area contributed by atoms with Gasteiger partial charge in [-0.2, -0.15) is 0 Å². The molecule has 8 nitrogen and oxygen atoms in total. The highest BCUT2D eigenvalue weighted by Crippen LogP contribution is 2.15. The van der Waals surface area contributed by atoms with Gasteiger partial charge in [-0.3, -0.25) is 23.5 Å². The van der Waals surface area contributed by atoms with Crippen LogP contribution in [0.3, 0.4) is 0 Å². The standard InChI is InChI=1S/C14H15N5O3S/c1-8-4-18(13(22)17-12(8)21)6-11(20)15-3-10-5-19-9(2)7-23-14(19)16-10/h4-5,7H,3,6H2,1-2H3,(H,15,20)(H,17,21,22). The number of fused-ring (bicyclic) bond motifs is 1. The summed E-state index contributed by atoms with van der Waals surface area (Å²) in [6, 6.07) is 0. The van der Waals surface area contributed by atoms with Crippen LogP contribution in [0.25, 0.3) is 4.96 Å². The van der Waals surface area contributed by atoms with Crippen LogP contribution in [-0.2, 0) is 17.9 Å². The molecule has 0 aromatic carbocycles. The van der Waals surface area contributed by atoms with E-state index in [-0.39, 0.29) is 19.0 Å². The summed E-state index contributed by atoms with van der Waals surface area (Å²) in [7, 11) is 0. The second-order valence-electron chi connectivity index (χ2n) is 5.24. The molecular weight excluding hydrogens is 318 g/mol. The summed E-state index contributed by atoms with van der Waals surface area (Å²) in [5, 5.41) is 4.73. The maximum Gasteiger partial charge on any atom is 0.328 e. The smallest absolute Gasteiger partial charge is 0.328 e. The van der Waals surface area contributed by atoms with Crippen molar-refractivity contribution in [3.05, 3.63) is 55.6 Å². The molecule has 120 valence electrons. The molecule has 0 spiro atoms. The van der Waals surface area contributed by atoms with E-state index in [1.54, 1.807) is 6.92 Å². The maximum absolute atomic E-state index is 12.0. The highest BCUT2D eigenvalue weighted by Gasteiger charge is 2.09. The zero-order chi connectivity index (χ0) is 16.6. The van der Waals surface area contributed by atoms with Gasteiger partial charge in [-0.05, 0) is 13.8 Å². The number of imidazole rings is 1. The minimum Gasteiger partial charge on any atom is -0.349 e. The average molecular weight is 333 g/mol. The highest BCUT2D eigenvalue weighted by molar-refractivity contribution is 7.15. The molecule has 9 heteroatoms. The molecule has 2 N–H and O–H groups in total. The van der Waals surface area contributed by atoms with Gasteiger partial charge in [0, 0.05) is 29.0 Å². The van der Waals surface area contributed by atoms with Gasteiger partial charge in [0.25, 0.3) is 5.56 Å². The molecule has 3 aromatic rings. The molecule has 23 heavy (non-hydrogen) atoms. The van der Waals surface area contributed by atoms with Crippen LogP contribution in [0, 0.1) is 13.8 Å². The van der Waals surface area contributed by atoms with E-state index < -0.39 is 11.2 Å². The Morgan fingerprint density at radius 3 is 2.87 bits per heavy atom. The van der Waals surface area contributed by atoms with Crippen molar-refractivity contribution in [1.82, 2.24) is 24.3 Å². The average Bonchev–Trinajstić information content (AvgIpc) is 3.05. The maximum atomic E-state index is 12.0. The SMILES string of the molecule is Cc1cn(CC(=O)NCc2cn3c(C)csc3n2)c(=O)[nH]c1=O. The fraction of sp³-hybridized carbons (Fsp3) is 0.286. The van der Waals surface area contributed by atoms with Gasteiger partial charge in [0.15, 0.2) is 4.96 Å². The molecule has 0 atom stereocenters. The van der Waals surface area contributed by atoms with Crippen molar-refractivity contribution >= 4 is 22.2 Å². The van der Waals surface area contributed by atoms with E-state index in [1.807, 2.05) is 22.9 Å². The number of nitrogens with zero attached hydrogens (tertiary/aromatic N) is 3. The fourth-order valence-electron chi connectivity index (χ4n) is 2.16. The molecule has 0 unspecified atom stereocenters. The molecule has 3 aromatic heterocycles. The molecular formula is C14H15N5O3S. The zero-order valence-electron chi connectivity index (χ0n) is 12.6. The van der Waals surface area contributed by atoms with Crippen molar-refractivity contribution in [1.29, 1.82) is 0 Å². The fourth-order valence-corrected chi connectivity index (χ4v) is 3.03. The Kier molecular flexibility index (Phi) is 3.87. The van der Waals surface area contributed by atoms with Crippen molar-refractivity contribution in [2.75, 3.05) is 0 Å². The molecule has 0 saturated carbocycles. The summed E-state index contributed by atoms with van der Waals surface area (Å²) in [6.07, 6.45) is 3.24. The molecule has 3 rings (SSSR count). The third kappa shape index (κ3) is 3.09. The van der Waals surface area contributed by atoms with Crippen LogP contribution in [0.1, 0.15) is 17.0 Å². The molecule has 3 heterocycles. The third-order valence-electron chi connectivity index (χ3n) is 3.41. The Morgan fingerprint density at radius 1 is 1.35 bits per heavy atom. The number of aromatic nitrogens is 4. The van der Waals surface area contributed by atoms with E-state index in [0.29, 0.717) is 5.56 Å². The predicted molar refractivity (Wildman–Crippen MR) is 85.7 cm³/mol.